The van der Waals surface area contributed by atoms with Crippen molar-refractivity contribution in [1.29, 1.82) is 0 Å². The first-order valence-electron chi connectivity index (χ1n) is 10.5. The quantitative estimate of drug-likeness (QED) is 0.425. The number of thioether (sulfide) groups is 1. The molecule has 6 nitrogen and oxygen atoms in total. The predicted molar refractivity (Wildman–Crippen MR) is 128 cm³/mol. The Hall–Kier alpha value is -3.79. The lowest BCUT2D eigenvalue weighted by atomic mass is 10.0. The highest BCUT2D eigenvalue weighted by Crippen LogP contribution is 2.36. The van der Waals surface area contributed by atoms with Crippen molar-refractivity contribution < 1.29 is 32.3 Å². The first-order chi connectivity index (χ1) is 16.7. The minimum atomic E-state index is -4.57. The Morgan fingerprint density at radius 1 is 1.06 bits per heavy atom. The molecule has 0 saturated carbocycles. The molecule has 1 aliphatic rings. The summed E-state index contributed by atoms with van der Waals surface area (Å²) in [6.07, 6.45) is -2.99. The number of amides is 3. The molecule has 10 heteroatoms. The van der Waals surface area contributed by atoms with E-state index in [0.717, 1.165) is 33.9 Å². The van der Waals surface area contributed by atoms with Crippen molar-refractivity contribution in [3.63, 3.8) is 0 Å². The standard InChI is InChI=1S/C25H19F3N2O4S/c1-2-34-20-11-10-15(18-8-3-4-9-19(18)20)12-21-23(32)30(24(33)35-21)14-22(31)29-17-7-5-6-16(13-17)25(26,27)28/h3-13H,2,14H2,1H3,(H,29,31)/b21-12-. The summed E-state index contributed by atoms with van der Waals surface area (Å²) in [5.41, 5.74) is -0.317. The van der Waals surface area contributed by atoms with Crippen LogP contribution in [0.3, 0.4) is 0 Å². The molecule has 3 aromatic carbocycles. The lowest BCUT2D eigenvalue weighted by Crippen LogP contribution is -2.36. The van der Waals surface area contributed by atoms with Crippen LogP contribution in [0.15, 0.2) is 65.6 Å². The molecule has 1 saturated heterocycles. The van der Waals surface area contributed by atoms with E-state index in [0.29, 0.717) is 29.7 Å². The highest BCUT2D eigenvalue weighted by atomic mass is 32.2. The van der Waals surface area contributed by atoms with Crippen molar-refractivity contribution in [2.75, 3.05) is 18.5 Å². The smallest absolute Gasteiger partial charge is 0.416 e. The molecule has 0 aromatic heterocycles. The van der Waals surface area contributed by atoms with Crippen LogP contribution < -0.4 is 10.1 Å². The molecule has 180 valence electrons. The number of benzene rings is 3. The van der Waals surface area contributed by atoms with Gasteiger partial charge < -0.3 is 10.1 Å². The van der Waals surface area contributed by atoms with Crippen LogP contribution in [0.25, 0.3) is 16.8 Å². The molecular formula is C25H19F3N2O4S. The molecule has 1 fully saturated rings. The third-order valence-corrected chi connectivity index (χ3v) is 6.06. The van der Waals surface area contributed by atoms with Gasteiger partial charge in [0.15, 0.2) is 0 Å². The summed E-state index contributed by atoms with van der Waals surface area (Å²) in [6, 6.07) is 15.1. The van der Waals surface area contributed by atoms with Gasteiger partial charge in [-0.05, 0) is 60.0 Å². The number of halogens is 3. The second-order valence-corrected chi connectivity index (χ2v) is 8.52. The van der Waals surface area contributed by atoms with Crippen molar-refractivity contribution in [2.24, 2.45) is 0 Å². The zero-order valence-corrected chi connectivity index (χ0v) is 19.2. The van der Waals surface area contributed by atoms with Crippen LogP contribution in [0, 0.1) is 0 Å². The largest absolute Gasteiger partial charge is 0.493 e. The number of ether oxygens (including phenoxy) is 1. The fourth-order valence-electron chi connectivity index (χ4n) is 3.60. The Labute approximate surface area is 202 Å². The number of nitrogens with zero attached hydrogens (tertiary/aromatic N) is 1. The number of imide groups is 1. The number of alkyl halides is 3. The Morgan fingerprint density at radius 2 is 1.80 bits per heavy atom. The van der Waals surface area contributed by atoms with Crippen molar-refractivity contribution in [3.8, 4) is 5.75 Å². The normalized spacial score (nSPS) is 15.2. The third kappa shape index (κ3) is 5.32. The van der Waals surface area contributed by atoms with Gasteiger partial charge in [-0.25, -0.2) is 0 Å². The number of carbonyl (C=O) groups excluding carboxylic acids is 3. The number of fused-ring (bicyclic) bond motifs is 1. The summed E-state index contributed by atoms with van der Waals surface area (Å²) < 4.78 is 44.3. The minimum absolute atomic E-state index is 0.0896. The van der Waals surface area contributed by atoms with E-state index in [1.165, 1.54) is 6.07 Å². The zero-order valence-electron chi connectivity index (χ0n) is 18.4. The van der Waals surface area contributed by atoms with Crippen LogP contribution in [0.1, 0.15) is 18.1 Å². The molecule has 1 aliphatic heterocycles. The SMILES string of the molecule is CCOc1ccc(/C=C2\SC(=O)N(CC(=O)Nc3cccc(C(F)(F)F)c3)C2=O)c2ccccc12. The first kappa shape index (κ1) is 24.3. The number of anilines is 1. The van der Waals surface area contributed by atoms with Gasteiger partial charge in [0.05, 0.1) is 17.1 Å². The summed E-state index contributed by atoms with van der Waals surface area (Å²) >= 11 is 0.692. The van der Waals surface area contributed by atoms with Gasteiger partial charge in [0, 0.05) is 11.1 Å². The minimum Gasteiger partial charge on any atom is -0.493 e. The zero-order chi connectivity index (χ0) is 25.2. The molecule has 3 amide bonds. The monoisotopic (exact) mass is 500 g/mol. The predicted octanol–water partition coefficient (Wildman–Crippen LogP) is 5.93. The second kappa shape index (κ2) is 9.83. The number of rotatable bonds is 6. The molecule has 4 rings (SSSR count). The van der Waals surface area contributed by atoms with Gasteiger partial charge in [-0.3, -0.25) is 19.3 Å². The maximum Gasteiger partial charge on any atom is 0.416 e. The molecule has 0 bridgehead atoms. The van der Waals surface area contributed by atoms with Crippen molar-refractivity contribution >= 4 is 51.4 Å². The van der Waals surface area contributed by atoms with Crippen LogP contribution in [0.4, 0.5) is 23.7 Å². The van der Waals surface area contributed by atoms with Crippen LogP contribution in [-0.4, -0.2) is 35.1 Å². The van der Waals surface area contributed by atoms with E-state index in [9.17, 15) is 27.6 Å². The fraction of sp³-hybridized carbons (Fsp3) is 0.160. The average Bonchev–Trinajstić information content (AvgIpc) is 3.07. The van der Waals surface area contributed by atoms with Crippen LogP contribution in [-0.2, 0) is 15.8 Å². The van der Waals surface area contributed by atoms with E-state index in [-0.39, 0.29) is 10.6 Å². The van der Waals surface area contributed by atoms with E-state index in [1.807, 2.05) is 31.2 Å². The summed E-state index contributed by atoms with van der Waals surface area (Å²) in [6.45, 7) is 1.74. The van der Waals surface area contributed by atoms with Gasteiger partial charge in [0.25, 0.3) is 11.1 Å². The van der Waals surface area contributed by atoms with E-state index < -0.39 is 35.3 Å². The van der Waals surface area contributed by atoms with Gasteiger partial charge in [-0.1, -0.05) is 36.4 Å². The van der Waals surface area contributed by atoms with Gasteiger partial charge in [0.2, 0.25) is 5.91 Å². The van der Waals surface area contributed by atoms with Crippen molar-refractivity contribution in [2.45, 2.75) is 13.1 Å². The summed E-state index contributed by atoms with van der Waals surface area (Å²) in [4.78, 5) is 38.6. The van der Waals surface area contributed by atoms with E-state index >= 15 is 0 Å². The van der Waals surface area contributed by atoms with Gasteiger partial charge in [-0.15, -0.1) is 0 Å². The fourth-order valence-corrected chi connectivity index (χ4v) is 4.43. The molecule has 0 unspecified atom stereocenters. The molecule has 0 radical (unpaired) electrons. The van der Waals surface area contributed by atoms with Crippen molar-refractivity contribution in [3.05, 3.63) is 76.7 Å². The average molecular weight is 500 g/mol. The topological polar surface area (TPSA) is 75.7 Å². The number of nitrogens with one attached hydrogen (secondary N) is 1. The molecule has 0 aliphatic carbocycles. The van der Waals surface area contributed by atoms with Gasteiger partial charge in [-0.2, -0.15) is 13.2 Å². The van der Waals surface area contributed by atoms with Gasteiger partial charge >= 0.3 is 6.18 Å². The lowest BCUT2D eigenvalue weighted by Gasteiger charge is -2.13. The Bertz CT molecular complexity index is 1350. The van der Waals surface area contributed by atoms with Crippen LogP contribution in [0.2, 0.25) is 0 Å². The van der Waals surface area contributed by atoms with Crippen LogP contribution >= 0.6 is 11.8 Å². The van der Waals surface area contributed by atoms with E-state index in [4.69, 9.17) is 4.74 Å². The van der Waals surface area contributed by atoms with E-state index in [2.05, 4.69) is 5.32 Å². The highest BCUT2D eigenvalue weighted by molar-refractivity contribution is 8.18. The summed E-state index contributed by atoms with van der Waals surface area (Å²) in [7, 11) is 0. The maximum atomic E-state index is 12.9. The number of hydrogen-bond acceptors (Lipinski definition) is 5. The summed E-state index contributed by atoms with van der Waals surface area (Å²) in [5.74, 6) is -0.754. The maximum absolute atomic E-state index is 12.9. The third-order valence-electron chi connectivity index (χ3n) is 5.15. The van der Waals surface area contributed by atoms with Crippen molar-refractivity contribution in [1.82, 2.24) is 4.90 Å². The lowest BCUT2D eigenvalue weighted by molar-refractivity contribution is -0.137. The molecule has 0 spiro atoms. The highest BCUT2D eigenvalue weighted by Gasteiger charge is 2.36. The molecule has 35 heavy (non-hydrogen) atoms. The first-order valence-corrected chi connectivity index (χ1v) is 11.4. The molecule has 0 atom stereocenters. The van der Waals surface area contributed by atoms with E-state index in [1.54, 1.807) is 18.2 Å². The number of carbonyl (C=O) groups is 3. The number of hydrogen-bond donors (Lipinski definition) is 1. The summed E-state index contributed by atoms with van der Waals surface area (Å²) in [5, 5.41) is 3.33. The molecule has 1 N–H and O–H groups in total. The molecule has 1 heterocycles. The Kier molecular flexibility index (Phi) is 6.83. The van der Waals surface area contributed by atoms with Crippen LogP contribution in [0.5, 0.6) is 5.75 Å². The molecule has 3 aromatic rings. The Balaban J connectivity index is 1.52. The second-order valence-electron chi connectivity index (χ2n) is 7.53. The van der Waals surface area contributed by atoms with Gasteiger partial charge in [0.1, 0.15) is 12.3 Å². The molecular weight excluding hydrogens is 481 g/mol. The Morgan fingerprint density at radius 3 is 2.51 bits per heavy atom.